The molecule has 2 amide bonds. The van der Waals surface area contributed by atoms with Crippen LogP contribution in [0.1, 0.15) is 52.6 Å². The van der Waals surface area contributed by atoms with Crippen molar-refractivity contribution in [1.29, 1.82) is 0 Å². The maximum atomic E-state index is 14.2. The fraction of sp³-hybridized carbons (Fsp3) is 0.226. The number of hydrogen-bond acceptors (Lipinski definition) is 2. The van der Waals surface area contributed by atoms with E-state index < -0.39 is 0 Å². The Kier molecular flexibility index (Phi) is 6.23. The minimum absolute atomic E-state index is 0.0122. The number of carbonyl (C=O) groups excluding carboxylic acids is 2. The molecule has 1 aliphatic rings. The number of benzene rings is 3. The molecule has 1 unspecified atom stereocenters. The zero-order valence-electron chi connectivity index (χ0n) is 21.2. The molecular formula is C31H31N3O2. The molecule has 5 rings (SSSR count). The van der Waals surface area contributed by atoms with Crippen LogP contribution in [0.4, 0.5) is 5.69 Å². The number of carbonyl (C=O) groups is 2. The molecule has 0 aliphatic carbocycles. The molecule has 36 heavy (non-hydrogen) atoms. The second kappa shape index (κ2) is 9.50. The summed E-state index contributed by atoms with van der Waals surface area (Å²) >= 11 is 0. The van der Waals surface area contributed by atoms with Crippen molar-refractivity contribution >= 4 is 17.5 Å². The Labute approximate surface area is 212 Å². The van der Waals surface area contributed by atoms with Crippen molar-refractivity contribution in [2.75, 3.05) is 11.4 Å². The van der Waals surface area contributed by atoms with Crippen molar-refractivity contribution in [2.24, 2.45) is 0 Å². The van der Waals surface area contributed by atoms with E-state index in [1.807, 2.05) is 92.5 Å². The Bertz CT molecular complexity index is 1420. The standard InChI is InChI=1S/C31H31N3O2/c1-21(2)33(31(36)24-16-14-22(3)15-17-24)20-29(35)34-27-12-6-5-11-26(27)32-18-8-13-28(32)30(34)25-10-7-9-23(4)19-25/h5-19,21,30H,20H2,1-4H3. The Morgan fingerprint density at radius 3 is 2.25 bits per heavy atom. The predicted molar refractivity (Wildman–Crippen MR) is 144 cm³/mol. The average molecular weight is 478 g/mol. The van der Waals surface area contributed by atoms with Crippen LogP contribution in [0.2, 0.25) is 0 Å². The average Bonchev–Trinajstić information content (AvgIpc) is 3.36. The molecule has 0 saturated heterocycles. The summed E-state index contributed by atoms with van der Waals surface area (Å²) in [5.41, 5.74) is 6.67. The Morgan fingerprint density at radius 2 is 1.56 bits per heavy atom. The van der Waals surface area contributed by atoms with E-state index in [1.54, 1.807) is 4.90 Å². The van der Waals surface area contributed by atoms with Crippen molar-refractivity contribution in [3.63, 3.8) is 0 Å². The van der Waals surface area contributed by atoms with Gasteiger partial charge in [0.2, 0.25) is 5.91 Å². The third-order valence-corrected chi connectivity index (χ3v) is 6.83. The maximum absolute atomic E-state index is 14.2. The molecule has 0 fully saturated rings. The van der Waals surface area contributed by atoms with Crippen molar-refractivity contribution in [3.05, 3.63) is 119 Å². The smallest absolute Gasteiger partial charge is 0.254 e. The van der Waals surface area contributed by atoms with E-state index in [4.69, 9.17) is 0 Å². The first-order valence-corrected chi connectivity index (χ1v) is 12.4. The first-order valence-electron chi connectivity index (χ1n) is 12.4. The van der Waals surface area contributed by atoms with Gasteiger partial charge in [0.1, 0.15) is 12.6 Å². The lowest BCUT2D eigenvalue weighted by Crippen LogP contribution is -2.48. The van der Waals surface area contributed by atoms with Gasteiger partial charge in [0.15, 0.2) is 0 Å². The summed E-state index contributed by atoms with van der Waals surface area (Å²) in [7, 11) is 0. The number of anilines is 1. The van der Waals surface area contributed by atoms with E-state index in [1.165, 1.54) is 0 Å². The molecule has 1 aliphatic heterocycles. The summed E-state index contributed by atoms with van der Waals surface area (Å²) in [4.78, 5) is 31.2. The minimum Gasteiger partial charge on any atom is -0.327 e. The van der Waals surface area contributed by atoms with Gasteiger partial charge in [-0.2, -0.15) is 0 Å². The molecule has 0 saturated carbocycles. The summed E-state index contributed by atoms with van der Waals surface area (Å²) in [5, 5.41) is 0. The summed E-state index contributed by atoms with van der Waals surface area (Å²) in [6, 6.07) is 27.4. The summed E-state index contributed by atoms with van der Waals surface area (Å²) < 4.78 is 2.16. The first-order chi connectivity index (χ1) is 17.3. The maximum Gasteiger partial charge on any atom is 0.254 e. The molecule has 2 heterocycles. The molecule has 0 spiro atoms. The van der Waals surface area contributed by atoms with Gasteiger partial charge >= 0.3 is 0 Å². The topological polar surface area (TPSA) is 45.6 Å². The highest BCUT2D eigenvalue weighted by Gasteiger charge is 2.37. The van der Waals surface area contributed by atoms with Gasteiger partial charge in [0, 0.05) is 17.8 Å². The molecule has 3 aromatic carbocycles. The van der Waals surface area contributed by atoms with Crippen LogP contribution in [0.3, 0.4) is 0 Å². The van der Waals surface area contributed by atoms with Crippen LogP contribution in [0.15, 0.2) is 91.1 Å². The van der Waals surface area contributed by atoms with Gasteiger partial charge in [-0.05, 0) is 69.7 Å². The number of aromatic nitrogens is 1. The second-order valence-electron chi connectivity index (χ2n) is 9.77. The van der Waals surface area contributed by atoms with Gasteiger partial charge in [0.05, 0.1) is 17.1 Å². The van der Waals surface area contributed by atoms with Gasteiger partial charge in [-0.1, -0.05) is 59.7 Å². The third kappa shape index (κ3) is 4.22. The largest absolute Gasteiger partial charge is 0.327 e. The van der Waals surface area contributed by atoms with Crippen LogP contribution >= 0.6 is 0 Å². The van der Waals surface area contributed by atoms with Crippen molar-refractivity contribution in [2.45, 2.75) is 39.8 Å². The SMILES string of the molecule is Cc1ccc(C(=O)N(CC(=O)N2c3ccccc3-n3cccc3C2c2cccc(C)c2)C(C)C)cc1. The molecule has 4 aromatic rings. The minimum atomic E-state index is -0.300. The lowest BCUT2D eigenvalue weighted by Gasteiger charge is -2.40. The Hall–Kier alpha value is -4.12. The zero-order chi connectivity index (χ0) is 25.4. The molecular weight excluding hydrogens is 446 g/mol. The van der Waals surface area contributed by atoms with Crippen LogP contribution in [0, 0.1) is 13.8 Å². The number of fused-ring (bicyclic) bond motifs is 3. The number of hydrogen-bond donors (Lipinski definition) is 0. The van der Waals surface area contributed by atoms with Crippen molar-refractivity contribution in [1.82, 2.24) is 9.47 Å². The van der Waals surface area contributed by atoms with E-state index in [2.05, 4.69) is 35.8 Å². The highest BCUT2D eigenvalue weighted by molar-refractivity contribution is 6.02. The summed E-state index contributed by atoms with van der Waals surface area (Å²) in [6.45, 7) is 7.94. The number of aryl methyl sites for hydroxylation is 2. The molecule has 1 aromatic heterocycles. The van der Waals surface area contributed by atoms with Gasteiger partial charge < -0.3 is 9.47 Å². The zero-order valence-corrected chi connectivity index (χ0v) is 21.2. The molecule has 0 radical (unpaired) electrons. The molecule has 0 bridgehead atoms. The van der Waals surface area contributed by atoms with E-state index >= 15 is 0 Å². The van der Waals surface area contributed by atoms with E-state index in [-0.39, 0.29) is 30.4 Å². The van der Waals surface area contributed by atoms with E-state index in [0.29, 0.717) is 5.56 Å². The monoisotopic (exact) mass is 477 g/mol. The molecule has 0 N–H and O–H groups in total. The van der Waals surface area contributed by atoms with Crippen LogP contribution in [-0.2, 0) is 4.79 Å². The van der Waals surface area contributed by atoms with Crippen LogP contribution in [0.25, 0.3) is 5.69 Å². The fourth-order valence-corrected chi connectivity index (χ4v) is 4.99. The van der Waals surface area contributed by atoms with Crippen LogP contribution < -0.4 is 4.90 Å². The summed E-state index contributed by atoms with van der Waals surface area (Å²) in [6.07, 6.45) is 2.04. The molecule has 5 nitrogen and oxygen atoms in total. The number of nitrogens with zero attached hydrogens (tertiary/aromatic N) is 3. The van der Waals surface area contributed by atoms with Crippen LogP contribution in [0.5, 0.6) is 0 Å². The fourth-order valence-electron chi connectivity index (χ4n) is 4.99. The van der Waals surface area contributed by atoms with Crippen molar-refractivity contribution < 1.29 is 9.59 Å². The van der Waals surface area contributed by atoms with Gasteiger partial charge in [-0.25, -0.2) is 0 Å². The molecule has 182 valence electrons. The van der Waals surface area contributed by atoms with Crippen molar-refractivity contribution in [3.8, 4) is 5.69 Å². The third-order valence-electron chi connectivity index (χ3n) is 6.83. The lowest BCUT2D eigenvalue weighted by atomic mass is 9.96. The quantitative estimate of drug-likeness (QED) is 0.350. The second-order valence-corrected chi connectivity index (χ2v) is 9.77. The first kappa shape index (κ1) is 23.6. The highest BCUT2D eigenvalue weighted by Crippen LogP contribution is 2.42. The van der Waals surface area contributed by atoms with Gasteiger partial charge in [-0.15, -0.1) is 0 Å². The van der Waals surface area contributed by atoms with Gasteiger partial charge in [-0.3, -0.25) is 14.5 Å². The lowest BCUT2D eigenvalue weighted by molar-refractivity contribution is -0.120. The Balaban J connectivity index is 1.57. The number of para-hydroxylation sites is 2. The summed E-state index contributed by atoms with van der Waals surface area (Å²) in [5.74, 6) is -0.255. The van der Waals surface area contributed by atoms with E-state index in [0.717, 1.165) is 33.8 Å². The van der Waals surface area contributed by atoms with Crippen LogP contribution in [-0.4, -0.2) is 33.9 Å². The molecule has 5 heteroatoms. The molecule has 1 atom stereocenters. The number of rotatable bonds is 5. The highest BCUT2D eigenvalue weighted by atomic mass is 16.2. The normalized spacial score (nSPS) is 14.4. The van der Waals surface area contributed by atoms with Gasteiger partial charge in [0.25, 0.3) is 5.91 Å². The Morgan fingerprint density at radius 1 is 0.833 bits per heavy atom. The van der Waals surface area contributed by atoms with E-state index in [9.17, 15) is 9.59 Å². The predicted octanol–water partition coefficient (Wildman–Crippen LogP) is 6.08. The number of amides is 2.